The second kappa shape index (κ2) is 7.55. The Morgan fingerprint density at radius 1 is 1.22 bits per heavy atom. The van der Waals surface area contributed by atoms with Crippen LogP contribution in [0.25, 0.3) is 10.9 Å². The van der Waals surface area contributed by atoms with Crippen molar-refractivity contribution in [2.75, 3.05) is 22.8 Å². The van der Waals surface area contributed by atoms with Gasteiger partial charge in [0.15, 0.2) is 0 Å². The van der Waals surface area contributed by atoms with Crippen LogP contribution in [0.3, 0.4) is 0 Å². The van der Waals surface area contributed by atoms with E-state index in [4.69, 9.17) is 0 Å². The molecule has 0 aliphatic heterocycles. The lowest BCUT2D eigenvalue weighted by atomic mass is 10.1. The molecule has 0 unspecified atom stereocenters. The van der Waals surface area contributed by atoms with Crippen molar-refractivity contribution in [1.82, 2.24) is 4.98 Å². The Morgan fingerprint density at radius 2 is 2.00 bits per heavy atom. The molecule has 8 heteroatoms. The van der Waals surface area contributed by atoms with E-state index in [1.807, 2.05) is 19.9 Å². The lowest BCUT2D eigenvalue weighted by Crippen LogP contribution is -2.13. The number of H-pyrrole nitrogens is 1. The van der Waals surface area contributed by atoms with Gasteiger partial charge in [-0.15, -0.1) is 11.8 Å². The van der Waals surface area contributed by atoms with E-state index in [9.17, 15) is 13.7 Å². The number of hydrogen-bond donors (Lipinski definition) is 3. The topological polar surface area (TPSA) is 97.8 Å². The highest BCUT2D eigenvalue weighted by molar-refractivity contribution is 7.99. The van der Waals surface area contributed by atoms with Crippen molar-refractivity contribution < 1.29 is 8.42 Å². The zero-order valence-electron chi connectivity index (χ0n) is 15.3. The van der Waals surface area contributed by atoms with Crippen LogP contribution in [-0.4, -0.2) is 26.2 Å². The lowest BCUT2D eigenvalue weighted by Gasteiger charge is -2.13. The van der Waals surface area contributed by atoms with E-state index in [2.05, 4.69) is 21.1 Å². The monoisotopic (exact) mass is 400 g/mol. The number of aryl methyl sites for hydroxylation is 1. The molecule has 3 rings (SSSR count). The van der Waals surface area contributed by atoms with Gasteiger partial charge in [-0.3, -0.25) is 4.72 Å². The molecule has 2 aromatic carbocycles. The summed E-state index contributed by atoms with van der Waals surface area (Å²) in [5.41, 5.74) is 3.17. The van der Waals surface area contributed by atoms with Crippen molar-refractivity contribution in [3.63, 3.8) is 0 Å². The summed E-state index contributed by atoms with van der Waals surface area (Å²) < 4.78 is 28.5. The van der Waals surface area contributed by atoms with Crippen molar-refractivity contribution in [2.24, 2.45) is 0 Å². The predicted molar refractivity (Wildman–Crippen MR) is 111 cm³/mol. The number of hydrogen-bond acceptors (Lipinski definition) is 5. The molecule has 0 saturated carbocycles. The average molecular weight is 401 g/mol. The Hall–Kier alpha value is -2.63. The molecular weight excluding hydrogens is 380 g/mol. The standard InChI is InChI=1S/C19H20N4O2S2/c1-4-26-17-8-6-14(9-16(17)21-3)27(24,25)23-15-7-5-12(2)18-13(10-20)11-22-19(15)18/h5-9,11,21-23H,4H2,1-3H3. The van der Waals surface area contributed by atoms with Gasteiger partial charge in [-0.05, 0) is 42.5 Å². The molecule has 0 aliphatic carbocycles. The van der Waals surface area contributed by atoms with Crippen LogP contribution in [0.2, 0.25) is 0 Å². The Bertz CT molecular complexity index is 1140. The van der Waals surface area contributed by atoms with Crippen molar-refractivity contribution in [1.29, 1.82) is 5.26 Å². The molecule has 0 atom stereocenters. The number of rotatable bonds is 6. The van der Waals surface area contributed by atoms with Crippen LogP contribution in [0.1, 0.15) is 18.1 Å². The Kier molecular flexibility index (Phi) is 5.35. The third kappa shape index (κ3) is 3.61. The smallest absolute Gasteiger partial charge is 0.262 e. The minimum atomic E-state index is -3.78. The quantitative estimate of drug-likeness (QED) is 0.536. The van der Waals surface area contributed by atoms with Crippen LogP contribution < -0.4 is 10.0 Å². The average Bonchev–Trinajstić information content (AvgIpc) is 3.09. The van der Waals surface area contributed by atoms with Crippen LogP contribution in [0.15, 0.2) is 46.3 Å². The van der Waals surface area contributed by atoms with Crippen LogP contribution in [0, 0.1) is 18.3 Å². The third-order valence-electron chi connectivity index (χ3n) is 4.24. The number of nitrogens with one attached hydrogen (secondary N) is 3. The summed E-state index contributed by atoms with van der Waals surface area (Å²) >= 11 is 1.65. The van der Waals surface area contributed by atoms with Crippen LogP contribution in [0.5, 0.6) is 0 Å². The van der Waals surface area contributed by atoms with E-state index in [1.54, 1.807) is 49.3 Å². The highest BCUT2D eigenvalue weighted by Crippen LogP contribution is 2.32. The summed E-state index contributed by atoms with van der Waals surface area (Å²) in [6.07, 6.45) is 1.59. The van der Waals surface area contributed by atoms with Gasteiger partial charge in [0.25, 0.3) is 10.0 Å². The van der Waals surface area contributed by atoms with E-state index in [0.29, 0.717) is 16.8 Å². The molecule has 140 valence electrons. The normalized spacial score (nSPS) is 11.3. The Labute approximate surface area is 163 Å². The first-order valence-electron chi connectivity index (χ1n) is 8.39. The van der Waals surface area contributed by atoms with E-state index in [-0.39, 0.29) is 4.90 Å². The zero-order chi connectivity index (χ0) is 19.6. The zero-order valence-corrected chi connectivity index (χ0v) is 16.9. The van der Waals surface area contributed by atoms with Gasteiger partial charge in [0.05, 0.1) is 21.7 Å². The maximum absolute atomic E-state index is 12.9. The Balaban J connectivity index is 2.03. The van der Waals surface area contributed by atoms with Gasteiger partial charge in [-0.1, -0.05) is 13.0 Å². The molecule has 0 amide bonds. The molecule has 3 aromatic rings. The fraction of sp³-hybridized carbons (Fsp3) is 0.211. The molecule has 0 bridgehead atoms. The second-order valence-electron chi connectivity index (χ2n) is 5.94. The highest BCUT2D eigenvalue weighted by Gasteiger charge is 2.19. The number of anilines is 2. The largest absolute Gasteiger partial charge is 0.387 e. The van der Waals surface area contributed by atoms with E-state index >= 15 is 0 Å². The maximum atomic E-state index is 12.9. The van der Waals surface area contributed by atoms with Crippen molar-refractivity contribution >= 4 is 44.1 Å². The summed E-state index contributed by atoms with van der Waals surface area (Å²) in [5.74, 6) is 0.897. The molecule has 1 heterocycles. The highest BCUT2D eigenvalue weighted by atomic mass is 32.2. The molecule has 1 aromatic heterocycles. The van der Waals surface area contributed by atoms with Crippen molar-refractivity contribution in [3.8, 4) is 6.07 Å². The number of sulfonamides is 1. The molecule has 0 aliphatic rings. The van der Waals surface area contributed by atoms with Gasteiger partial charge < -0.3 is 10.3 Å². The second-order valence-corrected chi connectivity index (χ2v) is 8.93. The lowest BCUT2D eigenvalue weighted by molar-refractivity contribution is 0.601. The van der Waals surface area contributed by atoms with Gasteiger partial charge in [0.2, 0.25) is 0 Å². The van der Waals surface area contributed by atoms with Gasteiger partial charge in [-0.2, -0.15) is 5.26 Å². The molecule has 0 saturated heterocycles. The number of aromatic amines is 1. The van der Waals surface area contributed by atoms with Crippen molar-refractivity contribution in [3.05, 3.63) is 47.7 Å². The molecule has 27 heavy (non-hydrogen) atoms. The number of thioether (sulfide) groups is 1. The molecular formula is C19H20N4O2S2. The summed E-state index contributed by atoms with van der Waals surface area (Å²) in [6, 6.07) is 10.7. The van der Waals surface area contributed by atoms with E-state index in [0.717, 1.165) is 27.3 Å². The number of fused-ring (bicyclic) bond motifs is 1. The fourth-order valence-electron chi connectivity index (χ4n) is 2.95. The SMILES string of the molecule is CCSc1ccc(S(=O)(=O)Nc2ccc(C)c3c(C#N)c[nH]c23)cc1NC. The molecule has 0 spiro atoms. The van der Waals surface area contributed by atoms with E-state index in [1.165, 1.54) is 0 Å². The van der Waals surface area contributed by atoms with Crippen molar-refractivity contribution in [2.45, 2.75) is 23.6 Å². The summed E-state index contributed by atoms with van der Waals surface area (Å²) in [6.45, 7) is 3.93. The van der Waals surface area contributed by atoms with Gasteiger partial charge in [0.1, 0.15) is 6.07 Å². The van der Waals surface area contributed by atoms with Gasteiger partial charge >= 0.3 is 0 Å². The maximum Gasteiger partial charge on any atom is 0.262 e. The van der Waals surface area contributed by atoms with Crippen LogP contribution in [-0.2, 0) is 10.0 Å². The van der Waals surface area contributed by atoms with E-state index < -0.39 is 10.0 Å². The van der Waals surface area contributed by atoms with Crippen LogP contribution >= 0.6 is 11.8 Å². The number of nitriles is 1. The summed E-state index contributed by atoms with van der Waals surface area (Å²) in [7, 11) is -2.01. The first-order chi connectivity index (χ1) is 12.9. The summed E-state index contributed by atoms with van der Waals surface area (Å²) in [5, 5.41) is 13.0. The summed E-state index contributed by atoms with van der Waals surface area (Å²) in [4.78, 5) is 4.18. The van der Waals surface area contributed by atoms with Crippen LogP contribution in [0.4, 0.5) is 11.4 Å². The number of benzene rings is 2. The van der Waals surface area contributed by atoms with Gasteiger partial charge in [0, 0.05) is 29.2 Å². The fourth-order valence-corrected chi connectivity index (χ4v) is 4.84. The number of nitrogens with zero attached hydrogens (tertiary/aromatic N) is 1. The molecule has 0 fully saturated rings. The van der Waals surface area contributed by atoms with Gasteiger partial charge in [-0.25, -0.2) is 8.42 Å². The Morgan fingerprint density at radius 3 is 2.67 bits per heavy atom. The minimum absolute atomic E-state index is 0.174. The molecule has 6 nitrogen and oxygen atoms in total. The first-order valence-corrected chi connectivity index (χ1v) is 10.9. The third-order valence-corrected chi connectivity index (χ3v) is 6.56. The first kappa shape index (κ1) is 19.1. The number of aromatic nitrogens is 1. The molecule has 0 radical (unpaired) electrons. The minimum Gasteiger partial charge on any atom is -0.387 e. The predicted octanol–water partition coefficient (Wildman–Crippen LogP) is 4.30. The molecule has 3 N–H and O–H groups in total.